The molecule has 0 spiro atoms. The van der Waals surface area contributed by atoms with Gasteiger partial charge >= 0.3 is 0 Å². The summed E-state index contributed by atoms with van der Waals surface area (Å²) in [4.78, 5) is 4.55. The molecule has 2 heterocycles. The van der Waals surface area contributed by atoms with Gasteiger partial charge in [0.2, 0.25) is 5.88 Å². The van der Waals surface area contributed by atoms with E-state index in [2.05, 4.69) is 10.3 Å². The summed E-state index contributed by atoms with van der Waals surface area (Å²) in [5.41, 5.74) is 1.75. The first-order chi connectivity index (χ1) is 12.3. The summed E-state index contributed by atoms with van der Waals surface area (Å²) >= 11 is 0. The van der Waals surface area contributed by atoms with Crippen molar-refractivity contribution in [2.75, 3.05) is 13.1 Å². The van der Waals surface area contributed by atoms with Crippen LogP contribution in [-0.4, -0.2) is 18.1 Å². The highest BCUT2D eigenvalue weighted by Crippen LogP contribution is 2.25. The average molecular weight is 341 g/mol. The lowest BCUT2D eigenvalue weighted by Gasteiger charge is -2.22. The number of rotatable bonds is 4. The molecule has 1 aliphatic rings. The Labute approximate surface area is 148 Å². The molecule has 0 atom stereocenters. The second kappa shape index (κ2) is 9.75. The Morgan fingerprint density at radius 1 is 1.24 bits per heavy atom. The molecule has 1 saturated heterocycles. The van der Waals surface area contributed by atoms with Crippen molar-refractivity contribution in [3.8, 4) is 11.9 Å². The van der Waals surface area contributed by atoms with E-state index in [9.17, 15) is 4.39 Å². The van der Waals surface area contributed by atoms with Crippen LogP contribution >= 0.6 is 0 Å². The van der Waals surface area contributed by atoms with E-state index in [1.54, 1.807) is 18.2 Å². The summed E-state index contributed by atoms with van der Waals surface area (Å²) in [5.74, 6) is 0.523. The van der Waals surface area contributed by atoms with E-state index in [1.165, 1.54) is 6.07 Å². The quantitative estimate of drug-likeness (QED) is 0.907. The van der Waals surface area contributed by atoms with Crippen molar-refractivity contribution in [1.29, 1.82) is 5.26 Å². The van der Waals surface area contributed by atoms with Gasteiger partial charge in [0.15, 0.2) is 0 Å². The minimum Gasteiger partial charge on any atom is -0.473 e. The molecular weight excluding hydrogens is 317 g/mol. The zero-order valence-corrected chi connectivity index (χ0v) is 14.8. The molecule has 1 aromatic carbocycles. The number of pyridine rings is 1. The van der Waals surface area contributed by atoms with Crippen LogP contribution in [0.2, 0.25) is 0 Å². The lowest BCUT2D eigenvalue weighted by molar-refractivity contribution is 0.286. The van der Waals surface area contributed by atoms with Crippen LogP contribution < -0.4 is 10.1 Å². The van der Waals surface area contributed by atoms with Gasteiger partial charge < -0.3 is 10.1 Å². The van der Waals surface area contributed by atoms with E-state index in [0.717, 1.165) is 31.6 Å². The standard InChI is InChI=1S/C18H18FN3O.C2H6/c19-16-10-13(11-20)4-5-15(16)12-23-18-3-1-2-17(22-18)14-6-8-21-9-7-14;1-2/h1-5,10,14,21H,6-9,12H2;1-2H3. The molecule has 132 valence electrons. The molecule has 0 amide bonds. The first-order valence-electron chi connectivity index (χ1n) is 8.75. The van der Waals surface area contributed by atoms with E-state index in [4.69, 9.17) is 10.00 Å². The van der Waals surface area contributed by atoms with Gasteiger partial charge in [0.25, 0.3) is 0 Å². The average Bonchev–Trinajstić information content (AvgIpc) is 2.69. The number of hydrogen-bond acceptors (Lipinski definition) is 4. The lowest BCUT2D eigenvalue weighted by atomic mass is 9.94. The molecule has 0 saturated carbocycles. The number of nitriles is 1. The summed E-state index contributed by atoms with van der Waals surface area (Å²) in [6, 6.07) is 12.0. The molecule has 0 unspecified atom stereocenters. The van der Waals surface area contributed by atoms with Crippen molar-refractivity contribution >= 4 is 0 Å². The SMILES string of the molecule is CC.N#Cc1ccc(COc2cccc(C3CCNCC3)n2)c(F)c1. The number of benzene rings is 1. The third kappa shape index (κ3) is 5.27. The van der Waals surface area contributed by atoms with Crippen molar-refractivity contribution in [3.63, 3.8) is 0 Å². The van der Waals surface area contributed by atoms with Crippen LogP contribution in [0.5, 0.6) is 5.88 Å². The van der Waals surface area contributed by atoms with Gasteiger partial charge in [-0.3, -0.25) is 0 Å². The van der Waals surface area contributed by atoms with Crippen LogP contribution in [-0.2, 0) is 6.61 Å². The molecule has 5 heteroatoms. The number of hydrogen-bond donors (Lipinski definition) is 1. The number of ether oxygens (including phenoxy) is 1. The summed E-state index contributed by atoms with van der Waals surface area (Å²) in [7, 11) is 0. The van der Waals surface area contributed by atoms with Gasteiger partial charge in [-0.25, -0.2) is 9.37 Å². The molecule has 0 radical (unpaired) electrons. The Morgan fingerprint density at radius 3 is 2.68 bits per heavy atom. The molecule has 4 nitrogen and oxygen atoms in total. The number of nitrogens with zero attached hydrogens (tertiary/aromatic N) is 2. The fraction of sp³-hybridized carbons (Fsp3) is 0.400. The van der Waals surface area contributed by atoms with Crippen molar-refractivity contribution in [2.24, 2.45) is 0 Å². The van der Waals surface area contributed by atoms with Crippen molar-refractivity contribution in [3.05, 3.63) is 59.0 Å². The van der Waals surface area contributed by atoms with Crippen molar-refractivity contribution in [2.45, 2.75) is 39.2 Å². The van der Waals surface area contributed by atoms with E-state index in [1.807, 2.05) is 32.0 Å². The summed E-state index contributed by atoms with van der Waals surface area (Å²) in [6.07, 6.45) is 2.14. The first-order valence-corrected chi connectivity index (χ1v) is 8.75. The molecule has 0 bridgehead atoms. The molecule has 2 aromatic rings. The predicted molar refractivity (Wildman–Crippen MR) is 95.9 cm³/mol. The molecule has 3 rings (SSSR count). The van der Waals surface area contributed by atoms with Crippen LogP contribution in [0.3, 0.4) is 0 Å². The fourth-order valence-electron chi connectivity index (χ4n) is 2.74. The lowest BCUT2D eigenvalue weighted by Crippen LogP contribution is -2.27. The van der Waals surface area contributed by atoms with E-state index >= 15 is 0 Å². The van der Waals surface area contributed by atoms with Gasteiger partial charge in [-0.1, -0.05) is 26.0 Å². The van der Waals surface area contributed by atoms with Crippen molar-refractivity contribution < 1.29 is 9.13 Å². The maximum absolute atomic E-state index is 13.9. The summed E-state index contributed by atoms with van der Waals surface area (Å²) in [5, 5.41) is 12.1. The van der Waals surface area contributed by atoms with Gasteiger partial charge in [0.1, 0.15) is 12.4 Å². The fourth-order valence-corrected chi connectivity index (χ4v) is 2.74. The minimum atomic E-state index is -0.432. The number of nitrogens with one attached hydrogen (secondary N) is 1. The molecule has 1 fully saturated rings. The molecule has 1 aliphatic heterocycles. The van der Waals surface area contributed by atoms with Gasteiger partial charge in [0, 0.05) is 23.2 Å². The number of aromatic nitrogens is 1. The molecule has 1 aromatic heterocycles. The number of halogens is 1. The highest BCUT2D eigenvalue weighted by molar-refractivity contribution is 5.32. The van der Waals surface area contributed by atoms with Crippen LogP contribution in [0, 0.1) is 17.1 Å². The van der Waals surface area contributed by atoms with Crippen molar-refractivity contribution in [1.82, 2.24) is 10.3 Å². The van der Waals surface area contributed by atoms with Crippen LogP contribution in [0.25, 0.3) is 0 Å². The van der Waals surface area contributed by atoms with Crippen LogP contribution in [0.1, 0.15) is 49.4 Å². The predicted octanol–water partition coefficient (Wildman–Crippen LogP) is 4.16. The summed E-state index contributed by atoms with van der Waals surface area (Å²) < 4.78 is 19.5. The maximum atomic E-state index is 13.9. The second-order valence-electron chi connectivity index (χ2n) is 5.63. The highest BCUT2D eigenvalue weighted by atomic mass is 19.1. The molecule has 0 aliphatic carbocycles. The topological polar surface area (TPSA) is 57.9 Å². The largest absolute Gasteiger partial charge is 0.473 e. The molecule has 25 heavy (non-hydrogen) atoms. The Morgan fingerprint density at radius 2 is 2.00 bits per heavy atom. The Balaban J connectivity index is 0.00000109. The highest BCUT2D eigenvalue weighted by Gasteiger charge is 2.16. The normalized spacial score (nSPS) is 14.2. The molecule has 1 N–H and O–H groups in total. The first kappa shape index (κ1) is 18.9. The van der Waals surface area contributed by atoms with Gasteiger partial charge in [-0.05, 0) is 44.1 Å². The summed E-state index contributed by atoms with van der Waals surface area (Å²) in [6.45, 7) is 6.11. The van der Waals surface area contributed by atoms with Crippen LogP contribution in [0.4, 0.5) is 4.39 Å². The zero-order chi connectivity index (χ0) is 18.1. The zero-order valence-electron chi connectivity index (χ0n) is 14.8. The number of piperidine rings is 1. The van der Waals surface area contributed by atoms with Crippen LogP contribution in [0.15, 0.2) is 36.4 Å². The van der Waals surface area contributed by atoms with Gasteiger partial charge in [-0.2, -0.15) is 5.26 Å². The monoisotopic (exact) mass is 341 g/mol. The Kier molecular flexibility index (Phi) is 7.36. The van der Waals surface area contributed by atoms with Gasteiger partial charge in [-0.15, -0.1) is 0 Å². The smallest absolute Gasteiger partial charge is 0.213 e. The van der Waals surface area contributed by atoms with E-state index in [0.29, 0.717) is 22.9 Å². The van der Waals surface area contributed by atoms with E-state index < -0.39 is 5.82 Å². The van der Waals surface area contributed by atoms with Gasteiger partial charge in [0.05, 0.1) is 11.6 Å². The Bertz CT molecular complexity index is 721. The second-order valence-corrected chi connectivity index (χ2v) is 5.63. The van der Waals surface area contributed by atoms with E-state index in [-0.39, 0.29) is 6.61 Å². The maximum Gasteiger partial charge on any atom is 0.213 e. The third-order valence-electron chi connectivity index (χ3n) is 4.06. The third-order valence-corrected chi connectivity index (χ3v) is 4.06. The molecular formula is C20H24FN3O. The Hall–Kier alpha value is -2.45. The minimum absolute atomic E-state index is 0.0974.